The van der Waals surface area contributed by atoms with Crippen molar-refractivity contribution in [3.63, 3.8) is 0 Å². The Morgan fingerprint density at radius 3 is 1.74 bits per heavy atom. The van der Waals surface area contributed by atoms with E-state index in [0.717, 1.165) is 24.3 Å². The van der Waals surface area contributed by atoms with Crippen molar-refractivity contribution >= 4 is 57.7 Å². The molecule has 31 heavy (non-hydrogen) atoms. The average Bonchev–Trinajstić information content (AvgIpc) is 2.61. The van der Waals surface area contributed by atoms with Crippen LogP contribution in [0.25, 0.3) is 0 Å². The summed E-state index contributed by atoms with van der Waals surface area (Å²) in [7, 11) is 0. The van der Waals surface area contributed by atoms with Crippen LogP contribution in [0, 0.1) is 5.92 Å². The highest BCUT2D eigenvalue weighted by molar-refractivity contribution is 6.67. The van der Waals surface area contributed by atoms with E-state index in [1.807, 2.05) is 26.8 Å². The van der Waals surface area contributed by atoms with Crippen molar-refractivity contribution in [1.82, 2.24) is 5.43 Å². The first-order valence-corrected chi connectivity index (χ1v) is 9.48. The van der Waals surface area contributed by atoms with Crippen molar-refractivity contribution < 1.29 is 27.5 Å². The molecule has 1 aliphatic carbocycles. The Morgan fingerprint density at radius 2 is 1.48 bits per heavy atom. The van der Waals surface area contributed by atoms with Crippen molar-refractivity contribution in [1.29, 1.82) is 0 Å². The Hall–Kier alpha value is -1.13. The van der Waals surface area contributed by atoms with Crippen LogP contribution in [0.15, 0.2) is 54.6 Å². The minimum Gasteiger partial charge on any atom is -0.280 e. The van der Waals surface area contributed by atoms with E-state index in [4.69, 9.17) is 40.6 Å². The lowest BCUT2D eigenvalue weighted by Gasteiger charge is -2.24. The summed E-state index contributed by atoms with van der Waals surface area (Å²) in [6, 6.07) is 8.74. The molecule has 3 N–H and O–H groups in total. The van der Waals surface area contributed by atoms with E-state index in [0.29, 0.717) is 5.56 Å². The average molecular weight is 526 g/mol. The van der Waals surface area contributed by atoms with E-state index < -0.39 is 27.8 Å². The highest BCUT2D eigenvalue weighted by Gasteiger charge is 2.40. The van der Waals surface area contributed by atoms with Gasteiger partial charge in [-0.15, -0.1) is 25.6 Å². The van der Waals surface area contributed by atoms with E-state index in [2.05, 4.69) is 10.2 Å². The SMILES string of the molecule is CC(C)(C)NN.Cl.O=C(Cl)C1C=CC(Cl)(OC(F)(F)F)C=C1.O=C(Cl)c1ccccc1. The maximum Gasteiger partial charge on any atom is 0.524 e. The van der Waals surface area contributed by atoms with Crippen LogP contribution in [0.4, 0.5) is 13.2 Å². The monoisotopic (exact) mass is 524 g/mol. The topological polar surface area (TPSA) is 81.4 Å². The summed E-state index contributed by atoms with van der Waals surface area (Å²) >= 11 is 15.8. The molecule has 0 heterocycles. The third-order valence-corrected chi connectivity index (χ3v) is 3.83. The second kappa shape index (κ2) is 14.1. The van der Waals surface area contributed by atoms with Gasteiger partial charge >= 0.3 is 6.36 Å². The molecule has 12 heteroatoms. The summed E-state index contributed by atoms with van der Waals surface area (Å²) in [6.45, 7) is 6.02. The summed E-state index contributed by atoms with van der Waals surface area (Å²) < 4.78 is 39.3. The predicted molar refractivity (Wildman–Crippen MR) is 119 cm³/mol. The summed E-state index contributed by atoms with van der Waals surface area (Å²) in [6.07, 6.45) is -0.712. The molecule has 0 saturated heterocycles. The molecule has 5 nitrogen and oxygen atoms in total. The molecule has 1 aromatic carbocycles. The van der Waals surface area contributed by atoms with Crippen molar-refractivity contribution in [2.45, 2.75) is 37.7 Å². The molecule has 1 aromatic rings. The molecule has 0 aromatic heterocycles. The third-order valence-electron chi connectivity index (χ3n) is 3.03. The fourth-order valence-electron chi connectivity index (χ4n) is 1.56. The van der Waals surface area contributed by atoms with Crippen LogP contribution in [-0.2, 0) is 9.53 Å². The number of hydrogen-bond donors (Lipinski definition) is 2. The number of alkyl halides is 4. The molecule has 0 unspecified atom stereocenters. The molecule has 2 rings (SSSR count). The van der Waals surface area contributed by atoms with Crippen molar-refractivity contribution in [2.24, 2.45) is 11.8 Å². The van der Waals surface area contributed by atoms with Crippen molar-refractivity contribution in [3.05, 3.63) is 60.2 Å². The number of ether oxygens (including phenoxy) is 1. The molecule has 0 bridgehead atoms. The Bertz CT molecular complexity index is 738. The number of hydrazine groups is 1. The molecular formula is C19H23Cl4F3N2O3. The number of nitrogens with two attached hydrogens (primary N) is 1. The zero-order valence-corrected chi connectivity index (χ0v) is 19.8. The first kappa shape index (κ1) is 32.1. The molecule has 0 spiro atoms. The number of carbonyl (C=O) groups is 2. The predicted octanol–water partition coefficient (Wildman–Crippen LogP) is 5.70. The maximum absolute atomic E-state index is 11.9. The standard InChI is InChI=1S/C8H5Cl2F3O2.C7H5ClO.C4H12N2.ClH/c9-6(14)5-1-3-7(10,4-2-5)15-8(11,12)13;8-7(9)6-4-2-1-3-5-6;1-4(2,3)6-5;/h1-5H;1-5H;6H,5H2,1-3H3;1H. The summed E-state index contributed by atoms with van der Waals surface area (Å²) in [5, 5.41) is -3.20. The Kier molecular flexibility index (Phi) is 14.6. The van der Waals surface area contributed by atoms with Crippen LogP contribution >= 0.6 is 47.2 Å². The maximum atomic E-state index is 11.9. The van der Waals surface area contributed by atoms with E-state index in [1.54, 1.807) is 24.3 Å². The van der Waals surface area contributed by atoms with Crippen molar-refractivity contribution in [3.8, 4) is 0 Å². The van der Waals surface area contributed by atoms with Gasteiger partial charge in [0.1, 0.15) is 0 Å². The van der Waals surface area contributed by atoms with Gasteiger partial charge in [0, 0.05) is 11.1 Å². The summed E-state index contributed by atoms with van der Waals surface area (Å²) in [5.41, 5.74) is 3.21. The quantitative estimate of drug-likeness (QED) is 0.174. The molecule has 0 radical (unpaired) electrons. The van der Waals surface area contributed by atoms with Crippen LogP contribution in [0.1, 0.15) is 31.1 Å². The van der Waals surface area contributed by atoms with E-state index in [-0.39, 0.29) is 17.9 Å². The molecule has 0 saturated carbocycles. The van der Waals surface area contributed by atoms with E-state index in [1.165, 1.54) is 0 Å². The van der Waals surface area contributed by atoms with Crippen LogP contribution < -0.4 is 11.3 Å². The van der Waals surface area contributed by atoms with Crippen molar-refractivity contribution in [2.75, 3.05) is 0 Å². The summed E-state index contributed by atoms with van der Waals surface area (Å²) in [4.78, 5) is 21.1. The van der Waals surface area contributed by atoms with E-state index >= 15 is 0 Å². The van der Waals surface area contributed by atoms with Crippen LogP contribution in [-0.4, -0.2) is 27.4 Å². The Balaban J connectivity index is 0. The Morgan fingerprint density at radius 1 is 1.06 bits per heavy atom. The van der Waals surface area contributed by atoms with Gasteiger partial charge in [0.2, 0.25) is 5.24 Å². The van der Waals surface area contributed by atoms with E-state index in [9.17, 15) is 22.8 Å². The number of allylic oxidation sites excluding steroid dienone is 2. The second-order valence-corrected chi connectivity index (χ2v) is 8.13. The number of halogens is 7. The molecular weight excluding hydrogens is 503 g/mol. The number of carbonyl (C=O) groups excluding carboxylic acids is 2. The van der Waals surface area contributed by atoms with Crippen LogP contribution in [0.3, 0.4) is 0 Å². The number of hydrogen-bond acceptors (Lipinski definition) is 5. The zero-order chi connectivity index (χ0) is 23.6. The van der Waals surface area contributed by atoms with Gasteiger partial charge in [-0.3, -0.25) is 25.6 Å². The molecule has 176 valence electrons. The fraction of sp³-hybridized carbons (Fsp3) is 0.368. The lowest BCUT2D eigenvalue weighted by molar-refractivity contribution is -0.338. The van der Waals surface area contributed by atoms with Crippen LogP contribution in [0.2, 0.25) is 0 Å². The number of rotatable bonds is 3. The molecule has 0 atom stereocenters. The van der Waals surface area contributed by atoms with Gasteiger partial charge in [-0.05, 0) is 56.1 Å². The van der Waals surface area contributed by atoms with Gasteiger partial charge in [-0.1, -0.05) is 54.1 Å². The van der Waals surface area contributed by atoms with Crippen LogP contribution in [0.5, 0.6) is 0 Å². The molecule has 0 fully saturated rings. The second-order valence-electron chi connectivity index (χ2n) is 6.83. The van der Waals surface area contributed by atoms with Gasteiger partial charge < -0.3 is 0 Å². The van der Waals surface area contributed by atoms with Gasteiger partial charge in [0.05, 0.1) is 5.92 Å². The largest absolute Gasteiger partial charge is 0.524 e. The number of benzene rings is 1. The fourth-order valence-corrected chi connectivity index (χ4v) is 2.06. The summed E-state index contributed by atoms with van der Waals surface area (Å²) in [5.74, 6) is 4.29. The van der Waals surface area contributed by atoms with Gasteiger partial charge in [-0.25, -0.2) is 0 Å². The third kappa shape index (κ3) is 16.2. The number of nitrogens with one attached hydrogen (secondary N) is 1. The zero-order valence-electron chi connectivity index (χ0n) is 16.8. The first-order chi connectivity index (χ1) is 13.6. The Labute approximate surface area is 200 Å². The highest BCUT2D eigenvalue weighted by atomic mass is 35.5. The van der Waals surface area contributed by atoms with Gasteiger partial charge in [-0.2, -0.15) is 0 Å². The smallest absolute Gasteiger partial charge is 0.280 e. The lowest BCUT2D eigenvalue weighted by atomic mass is 10.0. The first-order valence-electron chi connectivity index (χ1n) is 8.35. The normalized spacial score (nSPS) is 19.7. The lowest BCUT2D eigenvalue weighted by Crippen LogP contribution is -2.41. The molecule has 0 amide bonds. The molecule has 1 aliphatic rings. The van der Waals surface area contributed by atoms with Gasteiger partial charge in [0.15, 0.2) is 5.06 Å². The molecule has 0 aliphatic heterocycles. The highest BCUT2D eigenvalue weighted by Crippen LogP contribution is 2.34. The minimum absolute atomic E-state index is 0. The minimum atomic E-state index is -4.85. The van der Waals surface area contributed by atoms with Gasteiger partial charge in [0.25, 0.3) is 5.24 Å².